The number of aryl methyl sites for hydroxylation is 1. The molecule has 0 radical (unpaired) electrons. The highest BCUT2D eigenvalue weighted by atomic mass is 32.1. The van der Waals surface area contributed by atoms with Crippen molar-refractivity contribution < 1.29 is 14.7 Å². The number of carbonyl (C=O) groups excluding carboxylic acids is 1. The number of hydrogen-bond donors (Lipinski definition) is 2. The Bertz CT molecular complexity index is 488. The fraction of sp³-hybridized carbons (Fsp3) is 0.583. The van der Waals surface area contributed by atoms with Gasteiger partial charge in [-0.1, -0.05) is 0 Å². The molecule has 2 unspecified atom stereocenters. The third kappa shape index (κ3) is 3.04. The van der Waals surface area contributed by atoms with Crippen molar-refractivity contribution >= 4 is 23.3 Å². The molecule has 1 aromatic heterocycles. The van der Waals surface area contributed by atoms with E-state index in [2.05, 4.69) is 10.3 Å². The maximum absolute atomic E-state index is 12.0. The van der Waals surface area contributed by atoms with E-state index in [1.165, 1.54) is 11.3 Å². The second-order valence-corrected chi connectivity index (χ2v) is 5.75. The standard InChI is InChI=1S/C12H17N3O3S/c1-7-10(11(16)17)3-4-15(7)12(18)13-5-9-6-19-8(2)14-9/h6-7,10H,3-5H2,1-2H3,(H,13,18)(H,16,17). The zero-order chi connectivity index (χ0) is 14.0. The van der Waals surface area contributed by atoms with Crippen molar-refractivity contribution in [3.8, 4) is 0 Å². The molecule has 0 aliphatic carbocycles. The molecule has 2 amide bonds. The Hall–Kier alpha value is -1.63. The van der Waals surface area contributed by atoms with E-state index in [1.54, 1.807) is 11.8 Å². The maximum atomic E-state index is 12.0. The van der Waals surface area contributed by atoms with Gasteiger partial charge in [0.1, 0.15) is 0 Å². The van der Waals surface area contributed by atoms with Crippen molar-refractivity contribution in [1.29, 1.82) is 0 Å². The van der Waals surface area contributed by atoms with Crippen LogP contribution < -0.4 is 5.32 Å². The Labute approximate surface area is 115 Å². The van der Waals surface area contributed by atoms with Crippen molar-refractivity contribution in [2.45, 2.75) is 32.9 Å². The number of carbonyl (C=O) groups is 2. The minimum absolute atomic E-state index is 0.220. The van der Waals surface area contributed by atoms with Crippen LogP contribution in [0.2, 0.25) is 0 Å². The minimum atomic E-state index is -0.835. The number of nitrogens with one attached hydrogen (secondary N) is 1. The molecule has 0 saturated carbocycles. The molecule has 1 saturated heterocycles. The Morgan fingerprint density at radius 3 is 2.89 bits per heavy atom. The van der Waals surface area contributed by atoms with Gasteiger partial charge in [0.15, 0.2) is 0 Å². The van der Waals surface area contributed by atoms with Gasteiger partial charge in [-0.05, 0) is 20.3 Å². The van der Waals surface area contributed by atoms with E-state index in [-0.39, 0.29) is 12.1 Å². The van der Waals surface area contributed by atoms with Crippen LogP contribution in [0.1, 0.15) is 24.0 Å². The predicted octanol–water partition coefficient (Wildman–Crippen LogP) is 1.46. The van der Waals surface area contributed by atoms with Crippen LogP contribution in [0, 0.1) is 12.8 Å². The number of carboxylic acid groups (broad SMARTS) is 1. The Kier molecular flexibility index (Phi) is 4.04. The molecule has 2 atom stereocenters. The molecule has 0 bridgehead atoms. The summed E-state index contributed by atoms with van der Waals surface area (Å²) in [7, 11) is 0. The topological polar surface area (TPSA) is 82.5 Å². The van der Waals surface area contributed by atoms with E-state index in [9.17, 15) is 9.59 Å². The molecular formula is C12H17N3O3S. The van der Waals surface area contributed by atoms with Gasteiger partial charge in [0, 0.05) is 18.0 Å². The molecule has 7 heteroatoms. The van der Waals surface area contributed by atoms with Gasteiger partial charge in [-0.3, -0.25) is 4.79 Å². The highest BCUT2D eigenvalue weighted by Gasteiger charge is 2.37. The summed E-state index contributed by atoms with van der Waals surface area (Å²) in [4.78, 5) is 28.8. The fourth-order valence-electron chi connectivity index (χ4n) is 2.31. The molecule has 2 rings (SSSR count). The zero-order valence-corrected chi connectivity index (χ0v) is 11.7. The van der Waals surface area contributed by atoms with Crippen molar-refractivity contribution in [3.63, 3.8) is 0 Å². The summed E-state index contributed by atoms with van der Waals surface area (Å²) in [6.45, 7) is 4.55. The molecule has 1 fully saturated rings. The number of thiazole rings is 1. The highest BCUT2D eigenvalue weighted by molar-refractivity contribution is 7.09. The van der Waals surface area contributed by atoms with Crippen LogP contribution >= 0.6 is 11.3 Å². The van der Waals surface area contributed by atoms with Crippen molar-refractivity contribution in [2.24, 2.45) is 5.92 Å². The Morgan fingerprint density at radius 1 is 1.63 bits per heavy atom. The molecule has 1 aliphatic rings. The molecule has 19 heavy (non-hydrogen) atoms. The lowest BCUT2D eigenvalue weighted by Crippen LogP contribution is -2.43. The molecule has 2 N–H and O–H groups in total. The number of carboxylic acids is 1. The number of hydrogen-bond acceptors (Lipinski definition) is 4. The van der Waals surface area contributed by atoms with E-state index >= 15 is 0 Å². The fourth-order valence-corrected chi connectivity index (χ4v) is 2.93. The Morgan fingerprint density at radius 2 is 2.37 bits per heavy atom. The summed E-state index contributed by atoms with van der Waals surface area (Å²) < 4.78 is 0. The first-order chi connectivity index (χ1) is 8.99. The summed E-state index contributed by atoms with van der Waals surface area (Å²) in [5.41, 5.74) is 0.831. The average Bonchev–Trinajstić information content (AvgIpc) is 2.92. The lowest BCUT2D eigenvalue weighted by Gasteiger charge is -2.23. The van der Waals surface area contributed by atoms with Gasteiger partial charge in [-0.15, -0.1) is 11.3 Å². The SMILES string of the molecule is Cc1nc(CNC(=O)N2CCC(C(=O)O)C2C)cs1. The number of aromatic nitrogens is 1. The molecule has 0 aromatic carbocycles. The van der Waals surface area contributed by atoms with Gasteiger partial charge < -0.3 is 15.3 Å². The summed E-state index contributed by atoms with van der Waals surface area (Å²) in [6, 6.07) is -0.489. The molecule has 1 aliphatic heterocycles. The second-order valence-electron chi connectivity index (χ2n) is 4.68. The van der Waals surface area contributed by atoms with Crippen LogP contribution in [0.4, 0.5) is 4.79 Å². The van der Waals surface area contributed by atoms with Crippen LogP contribution in [0.25, 0.3) is 0 Å². The summed E-state index contributed by atoms with van der Waals surface area (Å²) in [6.07, 6.45) is 0.514. The molecule has 0 spiro atoms. The van der Waals surface area contributed by atoms with Gasteiger partial charge in [0.2, 0.25) is 0 Å². The van der Waals surface area contributed by atoms with E-state index in [4.69, 9.17) is 5.11 Å². The van der Waals surface area contributed by atoms with Gasteiger partial charge >= 0.3 is 12.0 Å². The maximum Gasteiger partial charge on any atom is 0.317 e. The van der Waals surface area contributed by atoms with Crippen LogP contribution in [-0.2, 0) is 11.3 Å². The van der Waals surface area contributed by atoms with Gasteiger partial charge in [-0.2, -0.15) is 0 Å². The number of rotatable bonds is 3. The number of likely N-dealkylation sites (tertiary alicyclic amines) is 1. The van der Waals surface area contributed by atoms with Gasteiger partial charge in [0.05, 0.1) is 23.2 Å². The molecule has 2 heterocycles. The van der Waals surface area contributed by atoms with E-state index in [1.807, 2.05) is 12.3 Å². The van der Waals surface area contributed by atoms with Crippen LogP contribution in [0.5, 0.6) is 0 Å². The monoisotopic (exact) mass is 283 g/mol. The first-order valence-electron chi connectivity index (χ1n) is 6.17. The molecule has 6 nitrogen and oxygen atoms in total. The summed E-state index contributed by atoms with van der Waals surface area (Å²) in [5, 5.41) is 14.7. The molecular weight excluding hydrogens is 266 g/mol. The Balaban J connectivity index is 1.89. The lowest BCUT2D eigenvalue weighted by molar-refractivity contribution is -0.142. The van der Waals surface area contributed by atoms with E-state index < -0.39 is 11.9 Å². The quantitative estimate of drug-likeness (QED) is 0.879. The third-order valence-electron chi connectivity index (χ3n) is 3.42. The normalized spacial score (nSPS) is 22.5. The number of urea groups is 1. The number of aliphatic carboxylic acids is 1. The van der Waals surface area contributed by atoms with Crippen LogP contribution in [0.3, 0.4) is 0 Å². The van der Waals surface area contributed by atoms with Crippen molar-refractivity contribution in [3.05, 3.63) is 16.1 Å². The summed E-state index contributed by atoms with van der Waals surface area (Å²) in [5.74, 6) is -1.30. The predicted molar refractivity (Wildman–Crippen MR) is 71.0 cm³/mol. The summed E-state index contributed by atoms with van der Waals surface area (Å²) >= 11 is 1.54. The van der Waals surface area contributed by atoms with E-state index in [0.717, 1.165) is 10.7 Å². The van der Waals surface area contributed by atoms with Gasteiger partial charge in [0.25, 0.3) is 0 Å². The molecule has 104 valence electrons. The van der Waals surface area contributed by atoms with Crippen LogP contribution in [-0.4, -0.2) is 39.6 Å². The largest absolute Gasteiger partial charge is 0.481 e. The highest BCUT2D eigenvalue weighted by Crippen LogP contribution is 2.24. The number of amides is 2. The average molecular weight is 283 g/mol. The second kappa shape index (κ2) is 5.56. The zero-order valence-electron chi connectivity index (χ0n) is 10.9. The number of nitrogens with zero attached hydrogens (tertiary/aromatic N) is 2. The lowest BCUT2D eigenvalue weighted by atomic mass is 10.0. The molecule has 1 aromatic rings. The smallest absolute Gasteiger partial charge is 0.317 e. The third-order valence-corrected chi connectivity index (χ3v) is 4.24. The first-order valence-corrected chi connectivity index (χ1v) is 7.05. The van der Waals surface area contributed by atoms with Crippen molar-refractivity contribution in [2.75, 3.05) is 6.54 Å². The van der Waals surface area contributed by atoms with Crippen LogP contribution in [0.15, 0.2) is 5.38 Å². The van der Waals surface area contributed by atoms with Crippen molar-refractivity contribution in [1.82, 2.24) is 15.2 Å². The first kappa shape index (κ1) is 13.8. The van der Waals surface area contributed by atoms with E-state index in [0.29, 0.717) is 19.5 Å². The van der Waals surface area contributed by atoms with Gasteiger partial charge in [-0.25, -0.2) is 9.78 Å². The minimum Gasteiger partial charge on any atom is -0.481 e.